The van der Waals surface area contributed by atoms with E-state index in [0.29, 0.717) is 0 Å². The van der Waals surface area contributed by atoms with Gasteiger partial charge in [0.2, 0.25) is 0 Å². The van der Waals surface area contributed by atoms with Crippen LogP contribution in [0.1, 0.15) is 48.6 Å². The van der Waals surface area contributed by atoms with Gasteiger partial charge < -0.3 is 0 Å². The average Bonchev–Trinajstić information content (AvgIpc) is 2.30. The molecule has 1 rings (SSSR count). The molecule has 0 radical (unpaired) electrons. The highest BCUT2D eigenvalue weighted by Crippen LogP contribution is 2.31. The van der Waals surface area contributed by atoms with Crippen LogP contribution in [-0.4, -0.2) is 0 Å². The third kappa shape index (κ3) is 3.34. The van der Waals surface area contributed by atoms with Crippen molar-refractivity contribution in [2.24, 2.45) is 11.8 Å². The van der Waals surface area contributed by atoms with Gasteiger partial charge in [0.1, 0.15) is 0 Å². The molecule has 1 heterocycles. The Labute approximate surface area is 98.7 Å². The highest BCUT2D eigenvalue weighted by atomic mass is 32.1. The fraction of sp³-hybridized carbons (Fsp3) is 0.714. The predicted octanol–water partition coefficient (Wildman–Crippen LogP) is 4.76. The molecule has 0 fully saturated rings. The minimum absolute atomic E-state index is 0.767. The van der Waals surface area contributed by atoms with Crippen LogP contribution < -0.4 is 0 Å². The van der Waals surface area contributed by atoms with Gasteiger partial charge in [-0.15, -0.1) is 11.3 Å². The molecule has 1 aromatic rings. The van der Waals surface area contributed by atoms with Crippen LogP contribution in [0.15, 0.2) is 0 Å². The van der Waals surface area contributed by atoms with Gasteiger partial charge in [0, 0.05) is 9.75 Å². The average molecular weight is 224 g/mol. The lowest BCUT2D eigenvalue weighted by molar-refractivity contribution is 0.615. The molecule has 1 aromatic heterocycles. The second-order valence-electron chi connectivity index (χ2n) is 5.37. The maximum absolute atomic E-state index is 2.31. The van der Waals surface area contributed by atoms with Crippen LogP contribution >= 0.6 is 11.3 Å². The van der Waals surface area contributed by atoms with Gasteiger partial charge in [0.25, 0.3) is 0 Å². The highest BCUT2D eigenvalue weighted by Gasteiger charge is 2.14. The lowest BCUT2D eigenvalue weighted by atomic mass is 9.93. The van der Waals surface area contributed by atoms with Gasteiger partial charge in [-0.25, -0.2) is 0 Å². The molecule has 0 amide bonds. The third-order valence-corrected chi connectivity index (χ3v) is 3.85. The van der Waals surface area contributed by atoms with Gasteiger partial charge >= 0.3 is 0 Å². The van der Waals surface area contributed by atoms with Gasteiger partial charge in [-0.05, 0) is 49.7 Å². The topological polar surface area (TPSA) is 0 Å². The molecule has 0 nitrogen and oxygen atoms in total. The first kappa shape index (κ1) is 12.8. The van der Waals surface area contributed by atoms with Crippen molar-refractivity contribution in [2.45, 2.75) is 54.4 Å². The van der Waals surface area contributed by atoms with Crippen LogP contribution in [0.5, 0.6) is 0 Å². The molecule has 0 aromatic carbocycles. The van der Waals surface area contributed by atoms with Crippen molar-refractivity contribution < 1.29 is 0 Å². The number of aryl methyl sites for hydroxylation is 2. The van der Waals surface area contributed by atoms with Gasteiger partial charge in [-0.3, -0.25) is 0 Å². The fourth-order valence-electron chi connectivity index (χ4n) is 2.13. The standard InChI is InChI=1S/C14H24S/c1-9(2)7-13-11(5)15-12(6)14(13)8-10(3)4/h9-10H,7-8H2,1-6H3. The summed E-state index contributed by atoms with van der Waals surface area (Å²) >= 11 is 1.98. The van der Waals surface area contributed by atoms with Gasteiger partial charge in [-0.1, -0.05) is 27.7 Å². The molecule has 0 atom stereocenters. The zero-order chi connectivity index (χ0) is 11.6. The lowest BCUT2D eigenvalue weighted by Gasteiger charge is -2.11. The second kappa shape index (κ2) is 5.16. The van der Waals surface area contributed by atoms with Crippen LogP contribution in [0.3, 0.4) is 0 Å². The van der Waals surface area contributed by atoms with E-state index < -0.39 is 0 Å². The van der Waals surface area contributed by atoms with E-state index in [1.165, 1.54) is 22.6 Å². The molecule has 0 spiro atoms. The first-order valence-electron chi connectivity index (χ1n) is 5.99. The molecule has 0 N–H and O–H groups in total. The quantitative estimate of drug-likeness (QED) is 0.691. The summed E-state index contributed by atoms with van der Waals surface area (Å²) in [4.78, 5) is 3.08. The first-order valence-corrected chi connectivity index (χ1v) is 6.81. The molecule has 0 unspecified atom stereocenters. The van der Waals surface area contributed by atoms with Crippen molar-refractivity contribution in [1.82, 2.24) is 0 Å². The Hall–Kier alpha value is -0.300. The molecule has 0 aliphatic heterocycles. The van der Waals surface area contributed by atoms with Crippen LogP contribution in [0.4, 0.5) is 0 Å². The Morgan fingerprint density at radius 2 is 1.13 bits per heavy atom. The third-order valence-electron chi connectivity index (χ3n) is 2.75. The minimum Gasteiger partial charge on any atom is -0.145 e. The van der Waals surface area contributed by atoms with Crippen molar-refractivity contribution in [3.63, 3.8) is 0 Å². The van der Waals surface area contributed by atoms with Crippen molar-refractivity contribution in [2.75, 3.05) is 0 Å². The monoisotopic (exact) mass is 224 g/mol. The van der Waals surface area contributed by atoms with E-state index in [-0.39, 0.29) is 0 Å². The molecule has 0 bridgehead atoms. The molecule has 15 heavy (non-hydrogen) atoms. The largest absolute Gasteiger partial charge is 0.145 e. The van der Waals surface area contributed by atoms with Crippen LogP contribution in [0.25, 0.3) is 0 Å². The number of hydrogen-bond acceptors (Lipinski definition) is 1. The summed E-state index contributed by atoms with van der Waals surface area (Å²) in [6, 6.07) is 0. The van der Waals surface area contributed by atoms with E-state index in [0.717, 1.165) is 11.8 Å². The molecule has 1 heteroatoms. The lowest BCUT2D eigenvalue weighted by Crippen LogP contribution is -2.02. The van der Waals surface area contributed by atoms with Crippen LogP contribution in [0.2, 0.25) is 0 Å². The Morgan fingerprint density at radius 1 is 0.800 bits per heavy atom. The smallest absolute Gasteiger partial charge is 0.00519 e. The van der Waals surface area contributed by atoms with Gasteiger partial charge in [0.15, 0.2) is 0 Å². The number of thiophene rings is 1. The Bertz CT molecular complexity index is 288. The number of rotatable bonds is 4. The maximum atomic E-state index is 2.31. The molecular formula is C14H24S. The summed E-state index contributed by atoms with van der Waals surface area (Å²) in [5.74, 6) is 1.53. The Morgan fingerprint density at radius 3 is 1.40 bits per heavy atom. The zero-order valence-corrected chi connectivity index (χ0v) is 11.8. The molecule has 86 valence electrons. The predicted molar refractivity (Wildman–Crippen MR) is 70.9 cm³/mol. The van der Waals surface area contributed by atoms with E-state index in [9.17, 15) is 0 Å². The maximum Gasteiger partial charge on any atom is 0.00519 e. The highest BCUT2D eigenvalue weighted by molar-refractivity contribution is 7.12. The summed E-state index contributed by atoms with van der Waals surface area (Å²) < 4.78 is 0. The molecule has 0 saturated heterocycles. The molecule has 0 saturated carbocycles. The molecule has 0 aliphatic rings. The van der Waals surface area contributed by atoms with Gasteiger partial charge in [0.05, 0.1) is 0 Å². The summed E-state index contributed by atoms with van der Waals surface area (Å²) in [6.45, 7) is 13.8. The molecular weight excluding hydrogens is 200 g/mol. The van der Waals surface area contributed by atoms with Crippen molar-refractivity contribution in [3.8, 4) is 0 Å². The second-order valence-corrected chi connectivity index (χ2v) is 6.80. The van der Waals surface area contributed by atoms with Crippen molar-refractivity contribution in [1.29, 1.82) is 0 Å². The summed E-state index contributed by atoms with van der Waals surface area (Å²) in [5, 5.41) is 0. The van der Waals surface area contributed by atoms with Gasteiger partial charge in [-0.2, -0.15) is 0 Å². The van der Waals surface area contributed by atoms with E-state index in [1.807, 2.05) is 11.3 Å². The minimum atomic E-state index is 0.767. The summed E-state index contributed by atoms with van der Waals surface area (Å²) in [7, 11) is 0. The fourth-order valence-corrected chi connectivity index (χ4v) is 3.25. The summed E-state index contributed by atoms with van der Waals surface area (Å²) in [6.07, 6.45) is 2.50. The normalized spacial score (nSPS) is 11.7. The van der Waals surface area contributed by atoms with E-state index in [1.54, 1.807) is 11.1 Å². The molecule has 0 aliphatic carbocycles. The van der Waals surface area contributed by atoms with Crippen LogP contribution in [-0.2, 0) is 12.8 Å². The summed E-state index contributed by atoms with van der Waals surface area (Å²) in [5.41, 5.74) is 3.28. The van der Waals surface area contributed by atoms with Crippen LogP contribution in [0, 0.1) is 25.7 Å². The van der Waals surface area contributed by atoms with E-state index in [4.69, 9.17) is 0 Å². The van der Waals surface area contributed by atoms with E-state index >= 15 is 0 Å². The first-order chi connectivity index (χ1) is 6.91. The Balaban J connectivity index is 3.00. The SMILES string of the molecule is Cc1sc(C)c(CC(C)C)c1CC(C)C. The number of hydrogen-bond donors (Lipinski definition) is 0. The zero-order valence-electron chi connectivity index (χ0n) is 11.0. The van der Waals surface area contributed by atoms with Crippen molar-refractivity contribution in [3.05, 3.63) is 20.9 Å². The van der Waals surface area contributed by atoms with E-state index in [2.05, 4.69) is 41.5 Å². The van der Waals surface area contributed by atoms with Crippen molar-refractivity contribution >= 4 is 11.3 Å². The Kier molecular flexibility index (Phi) is 4.39.